The van der Waals surface area contributed by atoms with Gasteiger partial charge in [0.2, 0.25) is 10.1 Å². The monoisotopic (exact) mass is 244 g/mol. The Labute approximate surface area is 98.6 Å². The molecule has 0 saturated carbocycles. The highest BCUT2D eigenvalue weighted by atomic mass is 32.1. The maximum atomic E-state index is 12.0. The van der Waals surface area contributed by atoms with Crippen molar-refractivity contribution in [2.75, 3.05) is 39.2 Å². The first-order valence-electron chi connectivity index (χ1n) is 5.02. The molecule has 1 aromatic heterocycles. The van der Waals surface area contributed by atoms with Crippen molar-refractivity contribution in [2.24, 2.45) is 0 Å². The van der Waals surface area contributed by atoms with E-state index < -0.39 is 0 Å². The number of nitrogens with one attached hydrogen (secondary N) is 1. The number of amides is 1. The summed E-state index contributed by atoms with van der Waals surface area (Å²) in [6.45, 7) is 3.65. The van der Waals surface area contributed by atoms with E-state index in [-0.39, 0.29) is 5.91 Å². The van der Waals surface area contributed by atoms with Crippen LogP contribution in [0.3, 0.4) is 0 Å². The quantitative estimate of drug-likeness (QED) is 0.797. The second-order valence-corrected chi connectivity index (χ2v) is 4.02. The predicted octanol–water partition coefficient (Wildman–Crippen LogP) is 0.688. The molecule has 0 saturated heterocycles. The average molecular weight is 244 g/mol. The molecule has 0 atom stereocenters. The van der Waals surface area contributed by atoms with E-state index >= 15 is 0 Å². The number of ether oxygens (including phenoxy) is 1. The normalized spacial score (nSPS) is 10.2. The van der Waals surface area contributed by atoms with Gasteiger partial charge in [-0.1, -0.05) is 11.3 Å². The minimum absolute atomic E-state index is 0.0986. The van der Waals surface area contributed by atoms with Gasteiger partial charge >= 0.3 is 0 Å². The predicted molar refractivity (Wildman–Crippen MR) is 62.9 cm³/mol. The molecular weight excluding hydrogens is 228 g/mol. The van der Waals surface area contributed by atoms with Crippen molar-refractivity contribution in [3.05, 3.63) is 5.01 Å². The second kappa shape index (κ2) is 6.39. The van der Waals surface area contributed by atoms with E-state index in [1.807, 2.05) is 6.92 Å². The number of carbonyl (C=O) groups is 1. The first-order chi connectivity index (χ1) is 7.72. The van der Waals surface area contributed by atoms with Crippen LogP contribution in [0.5, 0.6) is 0 Å². The van der Waals surface area contributed by atoms with Crippen LogP contribution in [-0.4, -0.2) is 54.9 Å². The maximum Gasteiger partial charge on any atom is 0.284 e. The van der Waals surface area contributed by atoms with Gasteiger partial charge in [0.15, 0.2) is 0 Å². The average Bonchev–Trinajstić information content (AvgIpc) is 2.78. The molecule has 0 aliphatic carbocycles. The van der Waals surface area contributed by atoms with E-state index in [0.717, 1.165) is 0 Å². The number of hydrogen-bond acceptors (Lipinski definition) is 6. The lowest BCUT2D eigenvalue weighted by atomic mass is 10.4. The summed E-state index contributed by atoms with van der Waals surface area (Å²) >= 11 is 1.25. The lowest BCUT2D eigenvalue weighted by molar-refractivity contribution is 0.0705. The molecule has 6 nitrogen and oxygen atoms in total. The Balaban J connectivity index is 2.66. The molecule has 0 radical (unpaired) electrons. The Morgan fingerprint density at radius 1 is 1.56 bits per heavy atom. The fourth-order valence-corrected chi connectivity index (χ4v) is 1.82. The molecule has 1 N–H and O–H groups in total. The van der Waals surface area contributed by atoms with Gasteiger partial charge in [-0.25, -0.2) is 0 Å². The number of nitrogens with zero attached hydrogens (tertiary/aromatic N) is 3. The van der Waals surface area contributed by atoms with Crippen LogP contribution in [0.2, 0.25) is 0 Å². The molecule has 0 spiro atoms. The molecule has 0 aliphatic heterocycles. The molecule has 1 rings (SSSR count). The van der Waals surface area contributed by atoms with Crippen molar-refractivity contribution in [1.82, 2.24) is 15.1 Å². The third-order valence-electron chi connectivity index (χ3n) is 2.06. The first kappa shape index (κ1) is 12.9. The smallest absolute Gasteiger partial charge is 0.284 e. The van der Waals surface area contributed by atoms with E-state index in [1.54, 1.807) is 19.1 Å². The van der Waals surface area contributed by atoms with E-state index in [1.165, 1.54) is 11.3 Å². The van der Waals surface area contributed by atoms with E-state index in [2.05, 4.69) is 15.5 Å². The van der Waals surface area contributed by atoms with Crippen LogP contribution in [0, 0.1) is 0 Å². The second-order valence-electron chi connectivity index (χ2n) is 3.04. The SMILES string of the molecule is CCN(CCOC)C(=O)c1nnc(NC)s1. The zero-order valence-corrected chi connectivity index (χ0v) is 10.5. The molecular formula is C9H16N4O2S. The fraction of sp³-hybridized carbons (Fsp3) is 0.667. The van der Waals surface area contributed by atoms with Gasteiger partial charge in [-0.15, -0.1) is 10.2 Å². The van der Waals surface area contributed by atoms with Crippen molar-refractivity contribution in [3.8, 4) is 0 Å². The largest absolute Gasteiger partial charge is 0.383 e. The number of anilines is 1. The van der Waals surface area contributed by atoms with Crippen LogP contribution in [0.4, 0.5) is 5.13 Å². The van der Waals surface area contributed by atoms with E-state index in [0.29, 0.717) is 29.8 Å². The number of aromatic nitrogens is 2. The van der Waals surface area contributed by atoms with Crippen LogP contribution in [0.15, 0.2) is 0 Å². The van der Waals surface area contributed by atoms with Crippen molar-refractivity contribution in [1.29, 1.82) is 0 Å². The van der Waals surface area contributed by atoms with Gasteiger partial charge < -0.3 is 15.0 Å². The van der Waals surface area contributed by atoms with Crippen molar-refractivity contribution >= 4 is 22.4 Å². The summed E-state index contributed by atoms with van der Waals surface area (Å²) in [5.74, 6) is -0.0986. The molecule has 0 bridgehead atoms. The highest BCUT2D eigenvalue weighted by molar-refractivity contribution is 7.17. The van der Waals surface area contributed by atoms with Gasteiger partial charge in [0.1, 0.15) is 0 Å². The Bertz CT molecular complexity index is 342. The van der Waals surface area contributed by atoms with Crippen molar-refractivity contribution < 1.29 is 9.53 Å². The number of carbonyl (C=O) groups excluding carboxylic acids is 1. The molecule has 7 heteroatoms. The summed E-state index contributed by atoms with van der Waals surface area (Å²) in [6.07, 6.45) is 0. The van der Waals surface area contributed by atoms with E-state index in [4.69, 9.17) is 4.74 Å². The summed E-state index contributed by atoms with van der Waals surface area (Å²) in [6, 6.07) is 0. The van der Waals surface area contributed by atoms with Crippen molar-refractivity contribution in [2.45, 2.75) is 6.92 Å². The van der Waals surface area contributed by atoms with Gasteiger partial charge in [0.05, 0.1) is 6.61 Å². The van der Waals surface area contributed by atoms with Gasteiger partial charge in [-0.3, -0.25) is 4.79 Å². The minimum Gasteiger partial charge on any atom is -0.383 e. The third-order valence-corrected chi connectivity index (χ3v) is 2.98. The topological polar surface area (TPSA) is 67.3 Å². The van der Waals surface area contributed by atoms with Crippen LogP contribution >= 0.6 is 11.3 Å². The summed E-state index contributed by atoms with van der Waals surface area (Å²) in [7, 11) is 3.36. The van der Waals surface area contributed by atoms with E-state index in [9.17, 15) is 4.79 Å². The van der Waals surface area contributed by atoms with Gasteiger partial charge in [0, 0.05) is 27.2 Å². The van der Waals surface area contributed by atoms with Crippen LogP contribution in [0.25, 0.3) is 0 Å². The fourth-order valence-electron chi connectivity index (χ4n) is 1.15. The summed E-state index contributed by atoms with van der Waals surface area (Å²) in [5, 5.41) is 11.6. The highest BCUT2D eigenvalue weighted by Gasteiger charge is 2.18. The number of hydrogen-bond donors (Lipinski definition) is 1. The molecule has 1 heterocycles. The Morgan fingerprint density at radius 3 is 2.81 bits per heavy atom. The molecule has 0 aromatic carbocycles. The molecule has 0 aliphatic rings. The lowest BCUT2D eigenvalue weighted by Crippen LogP contribution is -2.33. The first-order valence-corrected chi connectivity index (χ1v) is 5.84. The molecule has 1 amide bonds. The molecule has 0 unspecified atom stereocenters. The lowest BCUT2D eigenvalue weighted by Gasteiger charge is -2.18. The molecule has 1 aromatic rings. The zero-order chi connectivity index (χ0) is 12.0. The summed E-state index contributed by atoms with van der Waals surface area (Å²) in [5.41, 5.74) is 0. The van der Waals surface area contributed by atoms with Crippen molar-refractivity contribution in [3.63, 3.8) is 0 Å². The number of likely N-dealkylation sites (N-methyl/N-ethyl adjacent to an activating group) is 1. The standard InChI is InChI=1S/C9H16N4O2S/c1-4-13(5-6-15-3)8(14)7-11-12-9(10-2)16-7/h4-6H2,1-3H3,(H,10,12). The zero-order valence-electron chi connectivity index (χ0n) is 9.69. The van der Waals surface area contributed by atoms with Gasteiger partial charge in [-0.05, 0) is 6.92 Å². The molecule has 16 heavy (non-hydrogen) atoms. The van der Waals surface area contributed by atoms with Gasteiger partial charge in [-0.2, -0.15) is 0 Å². The Morgan fingerprint density at radius 2 is 2.31 bits per heavy atom. The Hall–Kier alpha value is -1.21. The highest BCUT2D eigenvalue weighted by Crippen LogP contribution is 2.15. The van der Waals surface area contributed by atoms with Crippen LogP contribution < -0.4 is 5.32 Å². The minimum atomic E-state index is -0.0986. The summed E-state index contributed by atoms with van der Waals surface area (Å²) in [4.78, 5) is 13.6. The Kier molecular flexibility index (Phi) is 5.13. The summed E-state index contributed by atoms with van der Waals surface area (Å²) < 4.78 is 4.95. The van der Waals surface area contributed by atoms with Crippen LogP contribution in [0.1, 0.15) is 16.7 Å². The van der Waals surface area contributed by atoms with Crippen LogP contribution in [-0.2, 0) is 4.74 Å². The number of methoxy groups -OCH3 is 1. The number of rotatable bonds is 6. The molecule has 90 valence electrons. The van der Waals surface area contributed by atoms with Gasteiger partial charge in [0.25, 0.3) is 5.91 Å². The molecule has 0 fully saturated rings. The maximum absolute atomic E-state index is 12.0. The third kappa shape index (κ3) is 3.14.